The Bertz CT molecular complexity index is 357. The molecule has 6 heteroatoms. The van der Waals surface area contributed by atoms with Crippen LogP contribution in [0.15, 0.2) is 0 Å². The molecule has 6 nitrogen and oxygen atoms in total. The zero-order chi connectivity index (χ0) is 15.3. The topological polar surface area (TPSA) is 87.7 Å². The number of carboxylic acid groups (broad SMARTS) is 1. The van der Waals surface area contributed by atoms with Crippen molar-refractivity contribution in [3.8, 4) is 0 Å². The molecule has 0 aromatic rings. The summed E-state index contributed by atoms with van der Waals surface area (Å²) in [6.45, 7) is 8.29. The lowest BCUT2D eigenvalue weighted by Crippen LogP contribution is -2.53. The second-order valence-corrected chi connectivity index (χ2v) is 6.12. The molecule has 0 bridgehead atoms. The van der Waals surface area contributed by atoms with Crippen LogP contribution in [0.3, 0.4) is 0 Å². The van der Waals surface area contributed by atoms with E-state index < -0.39 is 18.0 Å². The van der Waals surface area contributed by atoms with Gasteiger partial charge in [-0.1, -0.05) is 20.3 Å². The predicted molar refractivity (Wildman–Crippen MR) is 75.6 cm³/mol. The quantitative estimate of drug-likeness (QED) is 0.718. The van der Waals surface area contributed by atoms with E-state index in [1.165, 1.54) is 0 Å². The molecule has 0 spiro atoms. The van der Waals surface area contributed by atoms with Crippen LogP contribution in [0, 0.1) is 5.92 Å². The van der Waals surface area contributed by atoms with Crippen LogP contribution in [0.1, 0.15) is 47.0 Å². The number of urea groups is 1. The largest absolute Gasteiger partial charge is 0.480 e. The fraction of sp³-hybridized carbons (Fsp3) is 0.857. The number of carboxylic acids is 1. The van der Waals surface area contributed by atoms with Crippen LogP contribution in [0.5, 0.6) is 0 Å². The van der Waals surface area contributed by atoms with Crippen molar-refractivity contribution in [3.05, 3.63) is 0 Å². The van der Waals surface area contributed by atoms with Crippen molar-refractivity contribution >= 4 is 12.0 Å². The summed E-state index contributed by atoms with van der Waals surface area (Å²) >= 11 is 0. The molecule has 2 amide bonds. The first kappa shape index (κ1) is 16.8. The van der Waals surface area contributed by atoms with Gasteiger partial charge in [0, 0.05) is 12.6 Å². The molecule has 0 aromatic carbocycles. The monoisotopic (exact) mass is 286 g/mol. The molecule has 3 N–H and O–H groups in total. The minimum atomic E-state index is -0.998. The highest BCUT2D eigenvalue weighted by Gasteiger charge is 2.31. The summed E-state index contributed by atoms with van der Waals surface area (Å²) in [6.07, 6.45) is 2.17. The smallest absolute Gasteiger partial charge is 0.326 e. The normalized spacial score (nSPS) is 24.5. The maximum Gasteiger partial charge on any atom is 0.326 e. The fourth-order valence-corrected chi connectivity index (χ4v) is 2.41. The van der Waals surface area contributed by atoms with Crippen molar-refractivity contribution in [1.29, 1.82) is 0 Å². The molecule has 1 fully saturated rings. The van der Waals surface area contributed by atoms with Crippen LogP contribution in [-0.4, -0.2) is 41.4 Å². The molecule has 20 heavy (non-hydrogen) atoms. The Hall–Kier alpha value is -1.30. The zero-order valence-corrected chi connectivity index (χ0v) is 12.7. The molecule has 116 valence electrons. The van der Waals surface area contributed by atoms with Gasteiger partial charge < -0.3 is 20.5 Å². The van der Waals surface area contributed by atoms with Gasteiger partial charge in [-0.15, -0.1) is 0 Å². The Balaban J connectivity index is 2.51. The molecule has 3 atom stereocenters. The van der Waals surface area contributed by atoms with E-state index in [9.17, 15) is 9.59 Å². The summed E-state index contributed by atoms with van der Waals surface area (Å²) < 4.78 is 5.59. The maximum absolute atomic E-state index is 11.9. The lowest BCUT2D eigenvalue weighted by Gasteiger charge is -2.36. The van der Waals surface area contributed by atoms with Gasteiger partial charge in [0.1, 0.15) is 6.04 Å². The van der Waals surface area contributed by atoms with Crippen LogP contribution in [0.4, 0.5) is 4.79 Å². The molecule has 1 rings (SSSR count). The maximum atomic E-state index is 11.9. The Labute approximate surface area is 120 Å². The molecule has 1 aliphatic rings. The van der Waals surface area contributed by atoms with Crippen LogP contribution < -0.4 is 10.6 Å². The number of hydrogen-bond acceptors (Lipinski definition) is 3. The zero-order valence-electron chi connectivity index (χ0n) is 12.7. The molecule has 0 aliphatic carbocycles. The van der Waals surface area contributed by atoms with E-state index in [2.05, 4.69) is 10.6 Å². The third-order valence-corrected chi connectivity index (χ3v) is 3.80. The first-order chi connectivity index (χ1) is 9.25. The summed E-state index contributed by atoms with van der Waals surface area (Å²) in [4.78, 5) is 23.1. The minimum absolute atomic E-state index is 0.0186. The Morgan fingerprint density at radius 1 is 1.45 bits per heavy atom. The van der Waals surface area contributed by atoms with E-state index in [1.807, 2.05) is 27.7 Å². The predicted octanol–water partition coefficient (Wildman–Crippen LogP) is 1.74. The van der Waals surface area contributed by atoms with E-state index >= 15 is 0 Å². The average Bonchev–Trinajstić information content (AvgIpc) is 2.33. The Kier molecular flexibility index (Phi) is 5.80. The van der Waals surface area contributed by atoms with Gasteiger partial charge in [-0.05, 0) is 32.6 Å². The summed E-state index contributed by atoms with van der Waals surface area (Å²) in [5, 5.41) is 14.5. The van der Waals surface area contributed by atoms with Gasteiger partial charge >= 0.3 is 12.0 Å². The summed E-state index contributed by atoms with van der Waals surface area (Å²) in [6, 6.07) is -1.25. The van der Waals surface area contributed by atoms with Gasteiger partial charge in [-0.25, -0.2) is 9.59 Å². The highest BCUT2D eigenvalue weighted by molar-refractivity contribution is 5.82. The van der Waals surface area contributed by atoms with Gasteiger partial charge in [0.05, 0.1) is 5.60 Å². The number of nitrogens with one attached hydrogen (secondary N) is 2. The van der Waals surface area contributed by atoms with Crippen molar-refractivity contribution in [2.75, 3.05) is 6.61 Å². The number of hydrogen-bond donors (Lipinski definition) is 3. The van der Waals surface area contributed by atoms with Crippen molar-refractivity contribution in [1.82, 2.24) is 10.6 Å². The standard InChI is InChI=1S/C14H26N2O4/c1-5-9(2)11(12(17)18)16-13(19)15-10-6-7-20-14(3,4)8-10/h9-11H,5-8H2,1-4H3,(H,17,18)(H2,15,16,19)/t9-,10?,11-/m0/s1. The first-order valence-electron chi connectivity index (χ1n) is 7.19. The molecule has 1 aliphatic heterocycles. The van der Waals surface area contributed by atoms with Crippen molar-refractivity contribution < 1.29 is 19.4 Å². The summed E-state index contributed by atoms with van der Waals surface area (Å²) in [5.74, 6) is -1.11. The van der Waals surface area contributed by atoms with E-state index in [1.54, 1.807) is 0 Å². The van der Waals surface area contributed by atoms with Crippen molar-refractivity contribution in [3.63, 3.8) is 0 Å². The van der Waals surface area contributed by atoms with Gasteiger partial charge in [0.15, 0.2) is 0 Å². The number of amides is 2. The summed E-state index contributed by atoms with van der Waals surface area (Å²) in [7, 11) is 0. The number of rotatable bonds is 5. The third kappa shape index (κ3) is 5.00. The molecule has 0 aromatic heterocycles. The molecule has 1 saturated heterocycles. The van der Waals surface area contributed by atoms with Gasteiger partial charge in [-0.3, -0.25) is 0 Å². The van der Waals surface area contributed by atoms with Crippen LogP contribution in [-0.2, 0) is 9.53 Å². The van der Waals surface area contributed by atoms with Gasteiger partial charge in [0.25, 0.3) is 0 Å². The van der Waals surface area contributed by atoms with E-state index in [0.717, 1.165) is 12.8 Å². The lowest BCUT2D eigenvalue weighted by atomic mass is 9.94. The molecular weight excluding hydrogens is 260 g/mol. The first-order valence-corrected chi connectivity index (χ1v) is 7.19. The number of ether oxygens (including phenoxy) is 1. The average molecular weight is 286 g/mol. The third-order valence-electron chi connectivity index (χ3n) is 3.80. The molecule has 1 heterocycles. The number of carbonyl (C=O) groups is 2. The highest BCUT2D eigenvalue weighted by atomic mass is 16.5. The van der Waals surface area contributed by atoms with E-state index in [0.29, 0.717) is 13.0 Å². The van der Waals surface area contributed by atoms with Crippen LogP contribution >= 0.6 is 0 Å². The SMILES string of the molecule is CC[C@H](C)[C@H](NC(=O)NC1CCOC(C)(C)C1)C(=O)O. The molecule has 0 saturated carbocycles. The minimum Gasteiger partial charge on any atom is -0.480 e. The van der Waals surface area contributed by atoms with Crippen molar-refractivity contribution in [2.24, 2.45) is 5.92 Å². The second kappa shape index (κ2) is 6.92. The Morgan fingerprint density at radius 3 is 2.60 bits per heavy atom. The highest BCUT2D eigenvalue weighted by Crippen LogP contribution is 2.23. The second-order valence-electron chi connectivity index (χ2n) is 6.12. The fourth-order valence-electron chi connectivity index (χ4n) is 2.41. The number of aliphatic carboxylic acids is 1. The van der Waals surface area contributed by atoms with Gasteiger partial charge in [-0.2, -0.15) is 0 Å². The Morgan fingerprint density at radius 2 is 2.10 bits per heavy atom. The van der Waals surface area contributed by atoms with Crippen LogP contribution in [0.25, 0.3) is 0 Å². The molecular formula is C14H26N2O4. The number of carbonyl (C=O) groups excluding carboxylic acids is 1. The van der Waals surface area contributed by atoms with E-state index in [4.69, 9.17) is 9.84 Å². The summed E-state index contributed by atoms with van der Waals surface area (Å²) in [5.41, 5.74) is -0.251. The lowest BCUT2D eigenvalue weighted by molar-refractivity contribution is -0.140. The van der Waals surface area contributed by atoms with E-state index in [-0.39, 0.29) is 17.6 Å². The van der Waals surface area contributed by atoms with Gasteiger partial charge in [0.2, 0.25) is 0 Å². The molecule has 0 radical (unpaired) electrons. The van der Waals surface area contributed by atoms with Crippen molar-refractivity contribution in [2.45, 2.75) is 64.6 Å². The van der Waals surface area contributed by atoms with Crippen LogP contribution in [0.2, 0.25) is 0 Å². The molecule has 1 unspecified atom stereocenters.